The van der Waals surface area contributed by atoms with Crippen LogP contribution >= 0.6 is 8.03 Å². The highest BCUT2D eigenvalue weighted by atomic mass is 31.1. The molecule has 0 aliphatic carbocycles. The standard InChI is InChI=1S/C6H9F3O2P/c1-2-3-4-12(10)11-5-6(7,8)9/h3-4H,2,5H2,1H3/q+1. The molecule has 2 nitrogen and oxygen atoms in total. The van der Waals surface area contributed by atoms with Gasteiger partial charge >= 0.3 is 14.2 Å². The Balaban J connectivity index is 3.65. The molecule has 0 saturated carbocycles. The van der Waals surface area contributed by atoms with Crippen molar-refractivity contribution < 1.29 is 22.3 Å². The molecule has 0 aromatic rings. The lowest BCUT2D eigenvalue weighted by Gasteiger charge is -1.97. The van der Waals surface area contributed by atoms with E-state index in [1.54, 1.807) is 6.92 Å². The predicted octanol–water partition coefficient (Wildman–Crippen LogP) is 3.23. The second-order valence-corrected chi connectivity index (χ2v) is 3.09. The van der Waals surface area contributed by atoms with E-state index in [0.29, 0.717) is 6.42 Å². The van der Waals surface area contributed by atoms with Crippen molar-refractivity contribution in [2.45, 2.75) is 19.5 Å². The van der Waals surface area contributed by atoms with E-state index in [1.807, 2.05) is 0 Å². The molecule has 0 rings (SSSR count). The third kappa shape index (κ3) is 7.69. The highest BCUT2D eigenvalue weighted by Gasteiger charge is 2.32. The molecule has 0 aromatic carbocycles. The summed E-state index contributed by atoms with van der Waals surface area (Å²) in [6.45, 7) is 0.319. The van der Waals surface area contributed by atoms with E-state index in [-0.39, 0.29) is 0 Å². The second-order valence-electron chi connectivity index (χ2n) is 1.97. The largest absolute Gasteiger partial charge is 0.540 e. The van der Waals surface area contributed by atoms with Gasteiger partial charge in [0, 0.05) is 0 Å². The van der Waals surface area contributed by atoms with Crippen LogP contribution in [0.15, 0.2) is 11.9 Å². The first-order valence-electron chi connectivity index (χ1n) is 3.28. The van der Waals surface area contributed by atoms with Gasteiger partial charge in [0.25, 0.3) is 0 Å². The van der Waals surface area contributed by atoms with Gasteiger partial charge in [-0.15, -0.1) is 4.52 Å². The summed E-state index contributed by atoms with van der Waals surface area (Å²) >= 11 is 0. The molecule has 0 spiro atoms. The smallest absolute Gasteiger partial charge is 0.168 e. The van der Waals surface area contributed by atoms with Crippen LogP contribution in [0, 0.1) is 0 Å². The normalized spacial score (nSPS) is 13.8. The summed E-state index contributed by atoms with van der Waals surface area (Å²) in [5.74, 6) is 1.13. The van der Waals surface area contributed by atoms with E-state index in [0.717, 1.165) is 5.82 Å². The highest BCUT2D eigenvalue weighted by Crippen LogP contribution is 2.28. The second kappa shape index (κ2) is 5.27. The lowest BCUT2D eigenvalue weighted by Crippen LogP contribution is -2.14. The molecule has 70 valence electrons. The maximum Gasteiger partial charge on any atom is 0.540 e. The van der Waals surface area contributed by atoms with Crippen molar-refractivity contribution in [1.29, 1.82) is 0 Å². The molecule has 0 aromatic heterocycles. The Morgan fingerprint density at radius 2 is 2.08 bits per heavy atom. The van der Waals surface area contributed by atoms with Gasteiger partial charge in [0.2, 0.25) is 0 Å². The minimum Gasteiger partial charge on any atom is -0.168 e. The van der Waals surface area contributed by atoms with E-state index in [4.69, 9.17) is 0 Å². The van der Waals surface area contributed by atoms with Crippen molar-refractivity contribution in [2.24, 2.45) is 0 Å². The summed E-state index contributed by atoms with van der Waals surface area (Å²) in [6.07, 6.45) is -2.30. The van der Waals surface area contributed by atoms with Crippen LogP contribution in [0.5, 0.6) is 0 Å². The Kier molecular flexibility index (Phi) is 5.09. The van der Waals surface area contributed by atoms with Crippen LogP contribution in [-0.2, 0) is 9.09 Å². The molecule has 1 unspecified atom stereocenters. The van der Waals surface area contributed by atoms with Crippen LogP contribution in [0.4, 0.5) is 13.2 Å². The van der Waals surface area contributed by atoms with Crippen LogP contribution in [0.25, 0.3) is 0 Å². The average molecular weight is 201 g/mol. The Bertz CT molecular complexity index is 176. The number of allylic oxidation sites excluding steroid dienone is 1. The lowest BCUT2D eigenvalue weighted by molar-refractivity contribution is -0.152. The molecule has 0 amide bonds. The van der Waals surface area contributed by atoms with Gasteiger partial charge in [-0.1, -0.05) is 6.92 Å². The summed E-state index contributed by atoms with van der Waals surface area (Å²) in [5.41, 5.74) is 0. The fourth-order valence-corrected chi connectivity index (χ4v) is 1.11. The summed E-state index contributed by atoms with van der Waals surface area (Å²) in [4.78, 5) is 0. The van der Waals surface area contributed by atoms with Gasteiger partial charge in [0.15, 0.2) is 12.4 Å². The first-order chi connectivity index (χ1) is 5.45. The summed E-state index contributed by atoms with van der Waals surface area (Å²) < 4.78 is 49.0. The van der Waals surface area contributed by atoms with Crippen molar-refractivity contribution in [3.63, 3.8) is 0 Å². The van der Waals surface area contributed by atoms with Crippen LogP contribution < -0.4 is 0 Å². The molecule has 1 atom stereocenters. The Labute approximate surface area is 69.3 Å². The van der Waals surface area contributed by atoms with Crippen molar-refractivity contribution in [3.8, 4) is 0 Å². The van der Waals surface area contributed by atoms with Crippen LogP contribution in [-0.4, -0.2) is 12.8 Å². The quantitative estimate of drug-likeness (QED) is 0.652. The molecule has 12 heavy (non-hydrogen) atoms. The molecule has 0 aliphatic rings. The molecule has 0 fully saturated rings. The number of alkyl halides is 3. The molecule has 6 heteroatoms. The fraction of sp³-hybridized carbons (Fsp3) is 0.667. The van der Waals surface area contributed by atoms with Crippen molar-refractivity contribution in [1.82, 2.24) is 0 Å². The van der Waals surface area contributed by atoms with E-state index in [9.17, 15) is 17.7 Å². The van der Waals surface area contributed by atoms with E-state index >= 15 is 0 Å². The summed E-state index contributed by atoms with van der Waals surface area (Å²) in [7, 11) is -2.30. The average Bonchev–Trinajstić information content (AvgIpc) is 1.95. The van der Waals surface area contributed by atoms with E-state index in [2.05, 4.69) is 4.52 Å². The van der Waals surface area contributed by atoms with Crippen LogP contribution in [0.1, 0.15) is 13.3 Å². The third-order valence-corrected chi connectivity index (χ3v) is 1.66. The molecule has 0 aliphatic heterocycles. The number of hydrogen-bond acceptors (Lipinski definition) is 2. The van der Waals surface area contributed by atoms with E-state index in [1.165, 1.54) is 6.08 Å². The minimum atomic E-state index is -4.41. The molecule has 0 N–H and O–H groups in total. The van der Waals surface area contributed by atoms with E-state index < -0.39 is 20.8 Å². The Morgan fingerprint density at radius 1 is 1.50 bits per heavy atom. The molecular weight excluding hydrogens is 192 g/mol. The van der Waals surface area contributed by atoms with Gasteiger partial charge in [0.1, 0.15) is 0 Å². The minimum absolute atomic E-state index is 0.621. The van der Waals surface area contributed by atoms with Crippen molar-refractivity contribution >= 4 is 8.03 Å². The number of hydrogen-bond donors (Lipinski definition) is 0. The number of rotatable bonds is 4. The molecule has 0 heterocycles. The zero-order chi connectivity index (χ0) is 9.61. The predicted molar refractivity (Wildman–Crippen MR) is 39.0 cm³/mol. The zero-order valence-corrected chi connectivity index (χ0v) is 7.36. The van der Waals surface area contributed by atoms with Crippen LogP contribution in [0.2, 0.25) is 0 Å². The first kappa shape index (κ1) is 11.6. The maximum absolute atomic E-state index is 11.5. The molecular formula is C6H9F3O2P+. The summed E-state index contributed by atoms with van der Waals surface area (Å²) in [5, 5.41) is 0. The van der Waals surface area contributed by atoms with Crippen molar-refractivity contribution in [2.75, 3.05) is 6.61 Å². The van der Waals surface area contributed by atoms with Gasteiger partial charge in [-0.25, -0.2) is 0 Å². The Hall–Kier alpha value is -0.410. The first-order valence-corrected chi connectivity index (χ1v) is 4.53. The topological polar surface area (TPSA) is 26.3 Å². The fourth-order valence-electron chi connectivity index (χ4n) is 0.371. The SMILES string of the molecule is CCC=C[P+](=O)OCC(F)(F)F. The zero-order valence-electron chi connectivity index (χ0n) is 6.47. The molecule has 0 bridgehead atoms. The van der Waals surface area contributed by atoms with Gasteiger partial charge < -0.3 is 0 Å². The third-order valence-electron chi connectivity index (χ3n) is 0.818. The summed E-state index contributed by atoms with van der Waals surface area (Å²) in [6, 6.07) is 0. The maximum atomic E-state index is 11.5. The monoisotopic (exact) mass is 201 g/mol. The van der Waals surface area contributed by atoms with Gasteiger partial charge in [-0.3, -0.25) is 0 Å². The van der Waals surface area contributed by atoms with Gasteiger partial charge in [0.05, 0.1) is 0 Å². The Morgan fingerprint density at radius 3 is 2.50 bits per heavy atom. The van der Waals surface area contributed by atoms with Gasteiger partial charge in [-0.05, 0) is 17.1 Å². The highest BCUT2D eigenvalue weighted by molar-refractivity contribution is 7.42. The number of halogens is 3. The van der Waals surface area contributed by atoms with Crippen LogP contribution in [0.3, 0.4) is 0 Å². The molecule has 0 saturated heterocycles. The lowest BCUT2D eigenvalue weighted by atomic mass is 10.5. The molecule has 0 radical (unpaired) electrons. The van der Waals surface area contributed by atoms with Crippen molar-refractivity contribution in [3.05, 3.63) is 11.9 Å². The van der Waals surface area contributed by atoms with Gasteiger partial charge in [-0.2, -0.15) is 13.2 Å².